The number of phenolic OH excluding ortho intramolecular Hbond substituents is 1. The van der Waals surface area contributed by atoms with Crippen molar-refractivity contribution in [3.05, 3.63) is 22.2 Å². The molecule has 1 atom stereocenters. The van der Waals surface area contributed by atoms with Gasteiger partial charge in [-0.05, 0) is 38.8 Å². The van der Waals surface area contributed by atoms with E-state index in [4.69, 9.17) is 16.3 Å². The van der Waals surface area contributed by atoms with Gasteiger partial charge in [0.05, 0.1) is 7.11 Å². The Labute approximate surface area is 107 Å². The summed E-state index contributed by atoms with van der Waals surface area (Å²) in [5.41, 5.74) is 1.78. The summed E-state index contributed by atoms with van der Waals surface area (Å²) < 4.78 is 5.34. The summed E-state index contributed by atoms with van der Waals surface area (Å²) in [5, 5.41) is 14.0. The van der Waals surface area contributed by atoms with Crippen LogP contribution >= 0.6 is 11.6 Å². The van der Waals surface area contributed by atoms with Crippen LogP contribution in [-0.2, 0) is 5.54 Å². The van der Waals surface area contributed by atoms with Crippen molar-refractivity contribution in [2.45, 2.75) is 32.2 Å². The van der Waals surface area contributed by atoms with E-state index in [0.717, 1.165) is 30.5 Å². The van der Waals surface area contributed by atoms with E-state index < -0.39 is 0 Å². The molecule has 0 aliphatic carbocycles. The van der Waals surface area contributed by atoms with E-state index >= 15 is 0 Å². The number of phenols is 1. The minimum Gasteiger partial charge on any atom is -0.504 e. The minimum atomic E-state index is -0.169. The number of nitrogens with one attached hydrogen (secondary N) is 1. The van der Waals surface area contributed by atoms with Gasteiger partial charge in [-0.3, -0.25) is 0 Å². The van der Waals surface area contributed by atoms with E-state index in [1.54, 1.807) is 7.11 Å². The quantitative estimate of drug-likeness (QED) is 0.854. The molecule has 0 amide bonds. The van der Waals surface area contributed by atoms with Crippen LogP contribution in [0.25, 0.3) is 0 Å². The summed E-state index contributed by atoms with van der Waals surface area (Å²) in [6.45, 7) is 5.07. The second-order valence-corrected chi connectivity index (χ2v) is 5.18. The zero-order valence-corrected chi connectivity index (χ0v) is 11.2. The number of methoxy groups -OCH3 is 1. The van der Waals surface area contributed by atoms with Gasteiger partial charge in [0.2, 0.25) is 0 Å². The molecule has 2 N–H and O–H groups in total. The zero-order chi connectivity index (χ0) is 12.6. The Morgan fingerprint density at radius 2 is 2.24 bits per heavy atom. The van der Waals surface area contributed by atoms with E-state index in [9.17, 15) is 5.11 Å². The molecule has 1 aromatic carbocycles. The van der Waals surface area contributed by atoms with Gasteiger partial charge in [-0.25, -0.2) is 0 Å². The predicted molar refractivity (Wildman–Crippen MR) is 69.0 cm³/mol. The van der Waals surface area contributed by atoms with Crippen LogP contribution in [0.2, 0.25) is 5.02 Å². The summed E-state index contributed by atoms with van der Waals surface area (Å²) in [5.74, 6) is 0.636. The van der Waals surface area contributed by atoms with Gasteiger partial charge >= 0.3 is 0 Å². The Hall–Kier alpha value is -0.930. The first-order valence-electron chi connectivity index (χ1n) is 5.81. The summed E-state index contributed by atoms with van der Waals surface area (Å²) in [7, 11) is 1.57. The van der Waals surface area contributed by atoms with Crippen molar-refractivity contribution in [2.75, 3.05) is 13.7 Å². The highest BCUT2D eigenvalue weighted by atomic mass is 35.5. The van der Waals surface area contributed by atoms with E-state index in [-0.39, 0.29) is 11.3 Å². The number of benzene rings is 1. The topological polar surface area (TPSA) is 41.5 Å². The van der Waals surface area contributed by atoms with E-state index in [1.807, 2.05) is 6.92 Å². The highest BCUT2D eigenvalue weighted by Gasteiger charge is 2.35. The highest BCUT2D eigenvalue weighted by Crippen LogP contribution is 2.45. The van der Waals surface area contributed by atoms with Crippen molar-refractivity contribution in [3.8, 4) is 11.5 Å². The molecule has 1 fully saturated rings. The molecule has 17 heavy (non-hydrogen) atoms. The Morgan fingerprint density at radius 3 is 2.76 bits per heavy atom. The molecule has 0 aromatic heterocycles. The molecule has 0 bridgehead atoms. The fraction of sp³-hybridized carbons (Fsp3) is 0.538. The number of ether oxygens (including phenoxy) is 1. The van der Waals surface area contributed by atoms with Crippen molar-refractivity contribution in [1.29, 1.82) is 0 Å². The van der Waals surface area contributed by atoms with Crippen LogP contribution < -0.4 is 10.1 Å². The molecule has 0 radical (unpaired) electrons. The summed E-state index contributed by atoms with van der Waals surface area (Å²) >= 11 is 6.15. The summed E-state index contributed by atoms with van der Waals surface area (Å²) in [6, 6.07) is 1.54. The third kappa shape index (κ3) is 1.98. The van der Waals surface area contributed by atoms with Crippen LogP contribution in [-0.4, -0.2) is 18.8 Å². The van der Waals surface area contributed by atoms with Gasteiger partial charge in [0.25, 0.3) is 0 Å². The Balaban J connectivity index is 2.65. The van der Waals surface area contributed by atoms with E-state index in [0.29, 0.717) is 10.8 Å². The van der Waals surface area contributed by atoms with Gasteiger partial charge < -0.3 is 15.2 Å². The van der Waals surface area contributed by atoms with Gasteiger partial charge in [-0.1, -0.05) is 11.6 Å². The number of halogens is 1. The van der Waals surface area contributed by atoms with Crippen LogP contribution in [0.15, 0.2) is 6.07 Å². The third-order valence-electron chi connectivity index (χ3n) is 3.58. The number of hydrogen-bond acceptors (Lipinski definition) is 3. The Morgan fingerprint density at radius 1 is 1.53 bits per heavy atom. The standard InChI is InChI=1S/C13H18ClNO2/c1-8-9(14)7-10(16)12(17-3)11(8)13(2)5-4-6-15-13/h7,15-16H,4-6H2,1-3H3. The lowest BCUT2D eigenvalue weighted by Crippen LogP contribution is -2.34. The van der Waals surface area contributed by atoms with Crippen molar-refractivity contribution < 1.29 is 9.84 Å². The molecule has 1 aliphatic rings. The molecule has 0 saturated carbocycles. The van der Waals surface area contributed by atoms with Crippen molar-refractivity contribution in [2.24, 2.45) is 0 Å². The van der Waals surface area contributed by atoms with Crippen LogP contribution in [0.4, 0.5) is 0 Å². The van der Waals surface area contributed by atoms with Crippen molar-refractivity contribution in [1.82, 2.24) is 5.32 Å². The molecular weight excluding hydrogens is 238 g/mol. The molecule has 94 valence electrons. The van der Waals surface area contributed by atoms with Gasteiger partial charge in [0, 0.05) is 22.2 Å². The van der Waals surface area contributed by atoms with Crippen molar-refractivity contribution >= 4 is 11.6 Å². The first-order valence-corrected chi connectivity index (χ1v) is 6.19. The molecule has 0 spiro atoms. The van der Waals surface area contributed by atoms with Crippen LogP contribution in [0.3, 0.4) is 0 Å². The van der Waals surface area contributed by atoms with Crippen LogP contribution in [0, 0.1) is 6.92 Å². The van der Waals surface area contributed by atoms with Crippen LogP contribution in [0.1, 0.15) is 30.9 Å². The monoisotopic (exact) mass is 255 g/mol. The molecule has 3 nitrogen and oxygen atoms in total. The van der Waals surface area contributed by atoms with E-state index in [2.05, 4.69) is 12.2 Å². The van der Waals surface area contributed by atoms with Gasteiger partial charge in [0.15, 0.2) is 11.5 Å². The Bertz CT molecular complexity index is 440. The van der Waals surface area contributed by atoms with Gasteiger partial charge in [0.1, 0.15) is 0 Å². The second kappa shape index (κ2) is 4.39. The second-order valence-electron chi connectivity index (χ2n) is 4.77. The molecule has 4 heteroatoms. The average Bonchev–Trinajstić information content (AvgIpc) is 2.71. The fourth-order valence-electron chi connectivity index (χ4n) is 2.69. The average molecular weight is 256 g/mol. The van der Waals surface area contributed by atoms with Gasteiger partial charge in [-0.15, -0.1) is 0 Å². The summed E-state index contributed by atoms with van der Waals surface area (Å²) in [6.07, 6.45) is 2.14. The highest BCUT2D eigenvalue weighted by molar-refractivity contribution is 6.31. The largest absolute Gasteiger partial charge is 0.504 e. The van der Waals surface area contributed by atoms with Crippen LogP contribution in [0.5, 0.6) is 11.5 Å². The molecule has 1 aromatic rings. The predicted octanol–water partition coefficient (Wildman–Crippen LogP) is 2.96. The SMILES string of the molecule is COc1c(O)cc(Cl)c(C)c1C1(C)CCCN1. The smallest absolute Gasteiger partial charge is 0.165 e. The normalized spacial score (nSPS) is 24.0. The molecule has 1 aliphatic heterocycles. The molecule has 1 unspecified atom stereocenters. The summed E-state index contributed by atoms with van der Waals surface area (Å²) in [4.78, 5) is 0. The van der Waals surface area contributed by atoms with Crippen molar-refractivity contribution in [3.63, 3.8) is 0 Å². The molecule has 2 rings (SSSR count). The lowest BCUT2D eigenvalue weighted by atomic mass is 9.86. The molecular formula is C13H18ClNO2. The third-order valence-corrected chi connectivity index (χ3v) is 3.97. The number of rotatable bonds is 2. The maximum atomic E-state index is 9.93. The Kier molecular flexibility index (Phi) is 3.23. The minimum absolute atomic E-state index is 0.105. The number of hydrogen-bond donors (Lipinski definition) is 2. The first-order chi connectivity index (χ1) is 7.99. The zero-order valence-electron chi connectivity index (χ0n) is 10.4. The van der Waals surface area contributed by atoms with E-state index in [1.165, 1.54) is 6.07 Å². The lowest BCUT2D eigenvalue weighted by molar-refractivity contribution is 0.343. The molecule has 1 saturated heterocycles. The maximum Gasteiger partial charge on any atom is 0.165 e. The van der Waals surface area contributed by atoms with Gasteiger partial charge in [-0.2, -0.15) is 0 Å². The number of aromatic hydroxyl groups is 1. The maximum absolute atomic E-state index is 9.93. The molecule has 1 heterocycles. The first kappa shape index (κ1) is 12.5. The lowest BCUT2D eigenvalue weighted by Gasteiger charge is -2.29. The fourth-order valence-corrected chi connectivity index (χ4v) is 2.89.